The highest BCUT2D eigenvalue weighted by Crippen LogP contribution is 2.30. The van der Waals surface area contributed by atoms with Crippen LogP contribution in [0.15, 0.2) is 58.1 Å². The van der Waals surface area contributed by atoms with Crippen molar-refractivity contribution in [3.05, 3.63) is 80.1 Å². The lowest BCUT2D eigenvalue weighted by atomic mass is 10.1. The first kappa shape index (κ1) is 15.5. The van der Waals surface area contributed by atoms with Crippen LogP contribution in [-0.2, 0) is 6.54 Å². The van der Waals surface area contributed by atoms with E-state index in [0.717, 1.165) is 5.56 Å². The highest BCUT2D eigenvalue weighted by molar-refractivity contribution is 5.87. The van der Waals surface area contributed by atoms with Crippen molar-refractivity contribution < 1.29 is 9.90 Å². The number of carbonyl (C=O) groups is 1. The van der Waals surface area contributed by atoms with E-state index in [9.17, 15) is 19.5 Å². The highest BCUT2D eigenvalue weighted by Gasteiger charge is 2.22. The Morgan fingerprint density at radius 2 is 1.62 bits per heavy atom. The zero-order valence-corrected chi connectivity index (χ0v) is 12.6. The number of anilines is 3. The molecule has 0 saturated heterocycles. The number of carbonyl (C=O) groups excluding carboxylic acids is 1. The summed E-state index contributed by atoms with van der Waals surface area (Å²) in [6.07, 6.45) is 0.511. The third kappa shape index (κ3) is 2.77. The van der Waals surface area contributed by atoms with Crippen LogP contribution in [0, 0.1) is 0 Å². The Kier molecular flexibility index (Phi) is 4.11. The van der Waals surface area contributed by atoms with Crippen LogP contribution < -0.4 is 21.5 Å². The van der Waals surface area contributed by atoms with Crippen molar-refractivity contribution in [1.29, 1.82) is 0 Å². The fourth-order valence-electron chi connectivity index (χ4n) is 2.36. The zero-order valence-electron chi connectivity index (χ0n) is 12.6. The molecule has 0 unspecified atom stereocenters. The predicted octanol–water partition coefficient (Wildman–Crippen LogP) is 2.16. The van der Waals surface area contributed by atoms with Gasteiger partial charge in [-0.1, -0.05) is 36.4 Å². The second-order valence-electron chi connectivity index (χ2n) is 5.23. The molecule has 0 atom stereocenters. The largest absolute Gasteiger partial charge is 0.505 e. The van der Waals surface area contributed by atoms with Gasteiger partial charge in [0, 0.05) is 6.54 Å². The summed E-state index contributed by atoms with van der Waals surface area (Å²) in [5.41, 5.74) is 0.212. The number of aromatic hydroxyl groups is 1. The summed E-state index contributed by atoms with van der Waals surface area (Å²) in [6.45, 7) is 0.390. The van der Waals surface area contributed by atoms with Crippen molar-refractivity contribution >= 4 is 23.3 Å². The molecule has 0 fully saturated rings. The number of benzene rings is 2. The number of phenolic OH excluding ortho intramolecular Hbond substituents is 1. The van der Waals surface area contributed by atoms with Crippen molar-refractivity contribution in [3.63, 3.8) is 0 Å². The molecule has 0 bridgehead atoms. The predicted molar refractivity (Wildman–Crippen MR) is 91.9 cm³/mol. The van der Waals surface area contributed by atoms with E-state index in [1.165, 1.54) is 12.1 Å². The van der Waals surface area contributed by atoms with E-state index < -0.39 is 10.9 Å². The fraction of sp³-hybridized carbons (Fsp3) is 0.0556. The molecule has 0 aromatic heterocycles. The van der Waals surface area contributed by atoms with Crippen LogP contribution in [0.5, 0.6) is 5.75 Å². The molecule has 3 rings (SSSR count). The first-order valence-electron chi connectivity index (χ1n) is 7.27. The van der Waals surface area contributed by atoms with Crippen LogP contribution in [0.2, 0.25) is 0 Å². The molecule has 0 saturated carbocycles. The smallest absolute Gasteiger partial charge is 0.253 e. The highest BCUT2D eigenvalue weighted by atomic mass is 16.3. The van der Waals surface area contributed by atoms with Gasteiger partial charge in [0.25, 0.3) is 10.9 Å². The molecule has 0 aliphatic carbocycles. The number of hydrogen-bond acceptors (Lipinski definition) is 6. The summed E-state index contributed by atoms with van der Waals surface area (Å²) < 4.78 is 0. The second-order valence-corrected chi connectivity index (χ2v) is 5.23. The third-order valence-corrected chi connectivity index (χ3v) is 3.68. The Balaban J connectivity index is 1.83. The Morgan fingerprint density at radius 3 is 2.33 bits per heavy atom. The maximum absolute atomic E-state index is 11.8. The summed E-state index contributed by atoms with van der Waals surface area (Å²) in [4.78, 5) is 34.4. The van der Waals surface area contributed by atoms with Crippen LogP contribution in [0.25, 0.3) is 0 Å². The number of hydrogen-bond donors (Lipinski definition) is 3. The lowest BCUT2D eigenvalue weighted by molar-refractivity contribution is 0.112. The van der Waals surface area contributed by atoms with E-state index in [-0.39, 0.29) is 28.4 Å². The second kappa shape index (κ2) is 6.37. The molecule has 0 spiro atoms. The maximum Gasteiger partial charge on any atom is 0.253 e. The van der Waals surface area contributed by atoms with E-state index in [1.807, 2.05) is 30.3 Å². The SMILES string of the molecule is O=Cc1cccc(Nc2c(NCc3ccccc3)c(=O)c2=O)c1O. The Labute approximate surface area is 137 Å². The summed E-state index contributed by atoms with van der Waals surface area (Å²) in [6, 6.07) is 14.0. The fourth-order valence-corrected chi connectivity index (χ4v) is 2.36. The van der Waals surface area contributed by atoms with Gasteiger partial charge in [0.05, 0.1) is 11.3 Å². The molecule has 3 aromatic rings. The maximum atomic E-state index is 11.8. The standard InChI is InChI=1S/C18H14N2O4/c21-10-12-7-4-8-13(16(12)22)20-15-14(17(23)18(15)24)19-9-11-5-2-1-3-6-11/h1-8,10,19-20,22H,9H2. The van der Waals surface area contributed by atoms with Crippen LogP contribution >= 0.6 is 0 Å². The average molecular weight is 322 g/mol. The molecule has 0 aliphatic heterocycles. The first-order chi connectivity index (χ1) is 11.6. The van der Waals surface area contributed by atoms with Gasteiger partial charge in [-0.25, -0.2) is 0 Å². The molecule has 24 heavy (non-hydrogen) atoms. The van der Waals surface area contributed by atoms with E-state index in [2.05, 4.69) is 10.6 Å². The van der Waals surface area contributed by atoms with Crippen LogP contribution in [-0.4, -0.2) is 11.4 Å². The van der Waals surface area contributed by atoms with Gasteiger partial charge in [0.2, 0.25) is 0 Å². The Bertz CT molecular complexity index is 957. The summed E-state index contributed by atoms with van der Waals surface area (Å²) in [5, 5.41) is 15.6. The van der Waals surface area contributed by atoms with Crippen molar-refractivity contribution in [1.82, 2.24) is 0 Å². The van der Waals surface area contributed by atoms with Gasteiger partial charge in [-0.15, -0.1) is 0 Å². The molecule has 6 nitrogen and oxygen atoms in total. The molecule has 3 aromatic carbocycles. The minimum Gasteiger partial charge on any atom is -0.505 e. The minimum absolute atomic E-state index is 0.0780. The van der Waals surface area contributed by atoms with E-state index >= 15 is 0 Å². The van der Waals surface area contributed by atoms with Gasteiger partial charge < -0.3 is 15.7 Å². The molecular weight excluding hydrogens is 308 g/mol. The molecule has 0 aliphatic rings. The quantitative estimate of drug-likeness (QED) is 0.366. The first-order valence-corrected chi connectivity index (χ1v) is 7.27. The lowest BCUT2D eigenvalue weighted by Crippen LogP contribution is -2.36. The monoisotopic (exact) mass is 322 g/mol. The molecule has 0 amide bonds. The number of nitrogens with one attached hydrogen (secondary N) is 2. The summed E-state index contributed by atoms with van der Waals surface area (Å²) >= 11 is 0. The number of rotatable bonds is 6. The van der Waals surface area contributed by atoms with Gasteiger partial charge >= 0.3 is 0 Å². The van der Waals surface area contributed by atoms with Crippen molar-refractivity contribution in [2.24, 2.45) is 0 Å². The number of aldehydes is 1. The average Bonchev–Trinajstić information content (AvgIpc) is 2.62. The molecular formula is C18H14N2O4. The molecule has 120 valence electrons. The van der Waals surface area contributed by atoms with Gasteiger partial charge in [0.15, 0.2) is 6.29 Å². The van der Waals surface area contributed by atoms with Gasteiger partial charge in [-0.05, 0) is 17.7 Å². The zero-order chi connectivity index (χ0) is 17.1. The van der Waals surface area contributed by atoms with E-state index in [0.29, 0.717) is 12.8 Å². The van der Waals surface area contributed by atoms with Gasteiger partial charge in [-0.2, -0.15) is 0 Å². The Morgan fingerprint density at radius 1 is 0.917 bits per heavy atom. The lowest BCUT2D eigenvalue weighted by Gasteiger charge is -2.16. The van der Waals surface area contributed by atoms with Crippen molar-refractivity contribution in [2.45, 2.75) is 6.54 Å². The Hall–Kier alpha value is -3.41. The molecule has 3 N–H and O–H groups in total. The molecule has 0 radical (unpaired) electrons. The molecule has 0 heterocycles. The van der Waals surface area contributed by atoms with Gasteiger partial charge in [-0.3, -0.25) is 14.4 Å². The van der Waals surface area contributed by atoms with Crippen LogP contribution in [0.3, 0.4) is 0 Å². The van der Waals surface area contributed by atoms with Crippen molar-refractivity contribution in [3.8, 4) is 5.75 Å². The summed E-state index contributed by atoms with van der Waals surface area (Å²) in [5.74, 6) is -0.269. The van der Waals surface area contributed by atoms with Crippen LogP contribution in [0.1, 0.15) is 15.9 Å². The van der Waals surface area contributed by atoms with Crippen molar-refractivity contribution in [2.75, 3.05) is 10.6 Å². The summed E-state index contributed by atoms with van der Waals surface area (Å²) in [7, 11) is 0. The topological polar surface area (TPSA) is 95.5 Å². The minimum atomic E-state index is -0.665. The van der Waals surface area contributed by atoms with E-state index in [4.69, 9.17) is 0 Å². The normalized spacial score (nSPS) is 10.5. The number of phenols is 1. The van der Waals surface area contributed by atoms with Crippen LogP contribution in [0.4, 0.5) is 17.1 Å². The third-order valence-electron chi connectivity index (χ3n) is 3.68. The molecule has 6 heteroatoms. The van der Waals surface area contributed by atoms with E-state index in [1.54, 1.807) is 6.07 Å². The van der Waals surface area contributed by atoms with Gasteiger partial charge in [0.1, 0.15) is 17.1 Å². The number of para-hydroxylation sites is 1.